The minimum Gasteiger partial charge on any atom is -0.396 e. The average Bonchev–Trinajstić information content (AvgIpc) is 3.18. The highest BCUT2D eigenvalue weighted by atomic mass is 16.5. The lowest BCUT2D eigenvalue weighted by atomic mass is 9.43. The molecule has 2 saturated carbocycles. The minimum atomic E-state index is -0.411. The van der Waals surface area contributed by atoms with Gasteiger partial charge in [0, 0.05) is 22.9 Å². The highest BCUT2D eigenvalue weighted by Crippen LogP contribution is 2.68. The first kappa shape index (κ1) is 17.3. The van der Waals surface area contributed by atoms with Gasteiger partial charge < -0.3 is 19.7 Å². The summed E-state index contributed by atoms with van der Waals surface area (Å²) >= 11 is 0. The normalized spacial score (nSPS) is 57.6. The Hall–Kier alpha value is -0.160. The largest absolute Gasteiger partial charge is 0.396 e. The molecule has 4 aliphatic rings. The van der Waals surface area contributed by atoms with Crippen LogP contribution in [-0.4, -0.2) is 48.3 Å². The second-order valence-electron chi connectivity index (χ2n) is 9.82. The molecule has 0 aromatic heterocycles. The van der Waals surface area contributed by atoms with Crippen molar-refractivity contribution in [1.29, 1.82) is 0 Å². The van der Waals surface area contributed by atoms with Crippen LogP contribution in [0.2, 0.25) is 0 Å². The quantitative estimate of drug-likeness (QED) is 0.772. The smallest absolute Gasteiger partial charge is 0.0771 e. The molecule has 0 aromatic carbocycles. The van der Waals surface area contributed by atoms with E-state index in [1.165, 1.54) is 0 Å². The van der Waals surface area contributed by atoms with E-state index in [0.29, 0.717) is 11.8 Å². The number of aliphatic hydroxyl groups excluding tert-OH is 2. The van der Waals surface area contributed by atoms with E-state index in [0.717, 1.165) is 58.3 Å². The summed E-state index contributed by atoms with van der Waals surface area (Å²) in [6.45, 7) is 9.42. The third-order valence-electron chi connectivity index (χ3n) is 8.71. The molecule has 2 aliphatic carbocycles. The molecular formula is C20H34O4. The summed E-state index contributed by atoms with van der Waals surface area (Å²) in [4.78, 5) is 0. The van der Waals surface area contributed by atoms with E-state index in [1.54, 1.807) is 0 Å². The Morgan fingerprint density at radius 1 is 1.08 bits per heavy atom. The molecule has 4 rings (SSSR count). The zero-order valence-corrected chi connectivity index (χ0v) is 15.5. The number of rotatable bonds is 1. The lowest BCUT2D eigenvalue weighted by molar-refractivity contribution is -0.242. The van der Waals surface area contributed by atoms with Gasteiger partial charge in [-0.25, -0.2) is 0 Å². The van der Waals surface area contributed by atoms with Crippen molar-refractivity contribution < 1.29 is 19.7 Å². The Morgan fingerprint density at radius 2 is 1.88 bits per heavy atom. The van der Waals surface area contributed by atoms with Crippen LogP contribution in [-0.2, 0) is 9.47 Å². The van der Waals surface area contributed by atoms with Crippen LogP contribution in [0.15, 0.2) is 0 Å². The lowest BCUT2D eigenvalue weighted by Gasteiger charge is -2.64. The fourth-order valence-corrected chi connectivity index (χ4v) is 7.01. The Balaban J connectivity index is 1.74. The van der Waals surface area contributed by atoms with Gasteiger partial charge in [0.15, 0.2) is 0 Å². The molecule has 4 heteroatoms. The van der Waals surface area contributed by atoms with E-state index in [-0.39, 0.29) is 23.0 Å². The molecule has 2 heterocycles. The van der Waals surface area contributed by atoms with Crippen LogP contribution in [0, 0.1) is 28.1 Å². The predicted molar refractivity (Wildman–Crippen MR) is 91.6 cm³/mol. The van der Waals surface area contributed by atoms with Gasteiger partial charge in [-0.2, -0.15) is 0 Å². The van der Waals surface area contributed by atoms with Gasteiger partial charge in [-0.05, 0) is 50.4 Å². The van der Waals surface area contributed by atoms with Crippen LogP contribution in [0.3, 0.4) is 0 Å². The second-order valence-corrected chi connectivity index (χ2v) is 9.82. The fraction of sp³-hybridized carbons (Fsp3) is 1.00. The molecule has 24 heavy (non-hydrogen) atoms. The molecule has 2 saturated heterocycles. The summed E-state index contributed by atoms with van der Waals surface area (Å²) in [5.74, 6) is 0.837. The molecule has 2 N–H and O–H groups in total. The van der Waals surface area contributed by atoms with Crippen molar-refractivity contribution in [1.82, 2.24) is 0 Å². The fourth-order valence-electron chi connectivity index (χ4n) is 7.01. The Kier molecular flexibility index (Phi) is 3.90. The van der Waals surface area contributed by atoms with Gasteiger partial charge in [0.1, 0.15) is 0 Å². The van der Waals surface area contributed by atoms with Crippen LogP contribution in [0.25, 0.3) is 0 Å². The van der Waals surface area contributed by atoms with Gasteiger partial charge in [0.2, 0.25) is 0 Å². The Morgan fingerprint density at radius 3 is 2.54 bits per heavy atom. The molecule has 0 amide bonds. The molecule has 138 valence electrons. The number of ether oxygens (including phenoxy) is 2. The maximum Gasteiger partial charge on any atom is 0.0771 e. The van der Waals surface area contributed by atoms with E-state index in [4.69, 9.17) is 9.47 Å². The topological polar surface area (TPSA) is 58.9 Å². The first-order valence-corrected chi connectivity index (χ1v) is 9.83. The lowest BCUT2D eigenvalue weighted by Crippen LogP contribution is -2.66. The third kappa shape index (κ3) is 2.00. The Bertz CT molecular complexity index is 502. The highest BCUT2D eigenvalue weighted by molar-refractivity contribution is 5.17. The van der Waals surface area contributed by atoms with Crippen molar-refractivity contribution in [3.05, 3.63) is 0 Å². The maximum atomic E-state index is 10.7. The number of fused-ring (bicyclic) bond motifs is 2. The zero-order valence-electron chi connectivity index (χ0n) is 15.5. The molecule has 2 aliphatic heterocycles. The van der Waals surface area contributed by atoms with Crippen LogP contribution in [0.4, 0.5) is 0 Å². The molecule has 0 bridgehead atoms. The second kappa shape index (κ2) is 5.42. The summed E-state index contributed by atoms with van der Waals surface area (Å²) in [5.41, 5.74) is -0.316. The zero-order chi connectivity index (χ0) is 17.2. The predicted octanol–water partition coefficient (Wildman–Crippen LogP) is 2.76. The summed E-state index contributed by atoms with van der Waals surface area (Å²) < 4.78 is 12.5. The van der Waals surface area contributed by atoms with Gasteiger partial charge in [-0.1, -0.05) is 20.8 Å². The van der Waals surface area contributed by atoms with E-state index in [9.17, 15) is 10.2 Å². The summed E-state index contributed by atoms with van der Waals surface area (Å²) in [7, 11) is 0. The number of hydrogen-bond donors (Lipinski definition) is 2. The van der Waals surface area contributed by atoms with E-state index >= 15 is 0 Å². The van der Waals surface area contributed by atoms with Gasteiger partial charge in [-0.15, -0.1) is 0 Å². The molecule has 0 radical (unpaired) electrons. The highest BCUT2D eigenvalue weighted by Gasteiger charge is 2.69. The van der Waals surface area contributed by atoms with Gasteiger partial charge in [-0.3, -0.25) is 0 Å². The van der Waals surface area contributed by atoms with Crippen molar-refractivity contribution in [2.45, 2.75) is 71.0 Å². The monoisotopic (exact) mass is 338 g/mol. The van der Waals surface area contributed by atoms with Crippen molar-refractivity contribution in [2.75, 3.05) is 26.4 Å². The molecule has 0 aromatic rings. The van der Waals surface area contributed by atoms with E-state index in [2.05, 4.69) is 20.8 Å². The van der Waals surface area contributed by atoms with Gasteiger partial charge in [0.25, 0.3) is 0 Å². The first-order chi connectivity index (χ1) is 11.3. The van der Waals surface area contributed by atoms with Crippen LogP contribution < -0.4 is 0 Å². The number of aliphatic hydroxyl groups is 2. The summed E-state index contributed by atoms with van der Waals surface area (Å²) in [6, 6.07) is 0. The van der Waals surface area contributed by atoms with Gasteiger partial charge >= 0.3 is 0 Å². The van der Waals surface area contributed by atoms with Crippen LogP contribution in [0.5, 0.6) is 0 Å². The van der Waals surface area contributed by atoms with Gasteiger partial charge in [0.05, 0.1) is 31.5 Å². The summed E-state index contributed by atoms with van der Waals surface area (Å²) in [6.07, 6.45) is 5.77. The van der Waals surface area contributed by atoms with E-state index < -0.39 is 11.5 Å². The molecular weight excluding hydrogens is 304 g/mol. The Labute approximate surface area is 145 Å². The van der Waals surface area contributed by atoms with Crippen molar-refractivity contribution >= 4 is 0 Å². The standard InChI is InChI=1S/C20H34O4/c1-14-4-5-15-17(2,11-21)16(22)6-7-18(15,3)20(14)10-19(13-24-20)8-9-23-12-19/h14-16,21-22H,4-13H2,1-3H3/t14-,15?,16?,17?,18?,19?,20?/m0/s1. The molecule has 2 spiro atoms. The first-order valence-electron chi connectivity index (χ1n) is 9.83. The molecule has 7 atom stereocenters. The van der Waals surface area contributed by atoms with Crippen molar-refractivity contribution in [3.63, 3.8) is 0 Å². The summed E-state index contributed by atoms with van der Waals surface area (Å²) in [5, 5.41) is 20.8. The SMILES string of the molecule is C[C@H]1CCC2C(C)(CO)C(O)CCC2(C)C12CC1(CCOC1)CO2. The average molecular weight is 338 g/mol. The van der Waals surface area contributed by atoms with Crippen molar-refractivity contribution in [2.24, 2.45) is 28.1 Å². The van der Waals surface area contributed by atoms with E-state index in [1.807, 2.05) is 0 Å². The van der Waals surface area contributed by atoms with Crippen molar-refractivity contribution in [3.8, 4) is 0 Å². The number of hydrogen-bond acceptors (Lipinski definition) is 4. The van der Waals surface area contributed by atoms with Crippen LogP contribution >= 0.6 is 0 Å². The maximum absolute atomic E-state index is 10.7. The molecule has 4 fully saturated rings. The third-order valence-corrected chi connectivity index (χ3v) is 8.71. The van der Waals surface area contributed by atoms with Crippen LogP contribution in [0.1, 0.15) is 59.3 Å². The minimum absolute atomic E-state index is 0.0213. The molecule has 4 nitrogen and oxygen atoms in total. The molecule has 6 unspecified atom stereocenters.